The molecule has 0 bridgehead atoms. The monoisotopic (exact) mass is 679 g/mol. The Kier molecular flexibility index (Phi) is 25.0. The summed E-state index contributed by atoms with van der Waals surface area (Å²) in [4.78, 5) is 8.07. The Hall–Kier alpha value is -5.78. The van der Waals surface area contributed by atoms with Crippen LogP contribution in [-0.4, -0.2) is 58.3 Å². The number of nitrogens with two attached hydrogens (primary N) is 5. The maximum atomic E-state index is 5.86. The molecule has 0 unspecified atom stereocenters. The lowest BCUT2D eigenvalue weighted by atomic mass is 10.0. The number of benzene rings is 3. The average molecular weight is 680 g/mol. The molecular weight excluding hydrogens is 623 g/mol. The number of hydrogen-bond donors (Lipinski definition) is 9. The second kappa shape index (κ2) is 28.3. The van der Waals surface area contributed by atoms with Gasteiger partial charge in [0.25, 0.3) is 0 Å². The molecule has 0 aliphatic carbocycles. The SMILES string of the molecule is CC.CCCc1cc(C#Cc2ccc(C#Cc3cc(CCN=C(N)N)cc(CCNC)c3)cc2)cc(CCNC(N)=NC)c1.N=CN.N=CN. The normalized spacial score (nSPS) is 9.58. The first-order chi connectivity index (χ1) is 24.2. The quantitative estimate of drug-likeness (QED) is 0.0834. The number of nitrogens with zero attached hydrogens (tertiary/aromatic N) is 2. The van der Waals surface area contributed by atoms with Crippen molar-refractivity contribution in [3.63, 3.8) is 0 Å². The van der Waals surface area contributed by atoms with Gasteiger partial charge in [0.1, 0.15) is 0 Å². The van der Waals surface area contributed by atoms with Gasteiger partial charge in [-0.2, -0.15) is 0 Å². The zero-order valence-electron chi connectivity index (χ0n) is 30.4. The number of likely N-dealkylation sites (N-methyl/N-ethyl adjacent to an activating group) is 1. The van der Waals surface area contributed by atoms with Crippen LogP contribution >= 0.6 is 0 Å². The lowest BCUT2D eigenvalue weighted by Gasteiger charge is -2.08. The molecule has 0 saturated heterocycles. The van der Waals surface area contributed by atoms with Crippen molar-refractivity contribution >= 4 is 24.6 Å². The minimum atomic E-state index is 0.112. The number of aliphatic imine (C=N–C) groups is 2. The molecular formula is C39H57N11. The van der Waals surface area contributed by atoms with Gasteiger partial charge in [0.05, 0.1) is 12.7 Å². The van der Waals surface area contributed by atoms with Crippen LogP contribution in [0.15, 0.2) is 70.6 Å². The zero-order chi connectivity index (χ0) is 37.6. The van der Waals surface area contributed by atoms with E-state index in [2.05, 4.69) is 99.1 Å². The van der Waals surface area contributed by atoms with Gasteiger partial charge in [0, 0.05) is 42.4 Å². The Bertz CT molecular complexity index is 1590. The Morgan fingerprint density at radius 2 is 1.08 bits per heavy atom. The van der Waals surface area contributed by atoms with Crippen LogP contribution < -0.4 is 39.3 Å². The standard InChI is InChI=1S/C35H43N7.C2H6.2CH4N2/c1-4-5-28-20-29(23-33(21-28)16-19-42-35(38)40-3)12-10-26-6-8-27(9-7-26)11-13-30-22-31(14-17-39-2)25-32(24-30)15-18-41-34(36)37;1-2;2*2-1-3/h6-9,20-25,39H,4-5,14-19H2,1-3H3,(H4,36,37,41)(H3,38,40,42);1-2H3;2*1H,(H3,2,3). The summed E-state index contributed by atoms with van der Waals surface area (Å²) >= 11 is 0. The molecule has 3 aromatic rings. The molecule has 0 fully saturated rings. The highest BCUT2D eigenvalue weighted by atomic mass is 15.1. The summed E-state index contributed by atoms with van der Waals surface area (Å²) in [5, 5.41) is 18.1. The Morgan fingerprint density at radius 3 is 1.48 bits per heavy atom. The fourth-order valence-corrected chi connectivity index (χ4v) is 4.46. The molecule has 0 radical (unpaired) electrons. The zero-order valence-corrected chi connectivity index (χ0v) is 30.4. The molecule has 0 spiro atoms. The highest BCUT2D eigenvalue weighted by molar-refractivity contribution is 5.77. The van der Waals surface area contributed by atoms with Gasteiger partial charge in [0.15, 0.2) is 11.9 Å². The number of guanidine groups is 2. The highest BCUT2D eigenvalue weighted by Crippen LogP contribution is 2.14. The van der Waals surface area contributed by atoms with Gasteiger partial charge in [-0.15, -0.1) is 0 Å². The molecule has 0 amide bonds. The maximum absolute atomic E-state index is 5.86. The number of aryl methyl sites for hydroxylation is 1. The number of hydrogen-bond acceptors (Lipinski definition) is 5. The predicted octanol–water partition coefficient (Wildman–Crippen LogP) is 3.22. The smallest absolute Gasteiger partial charge is 0.188 e. The van der Waals surface area contributed by atoms with Gasteiger partial charge < -0.3 is 39.3 Å². The summed E-state index contributed by atoms with van der Waals surface area (Å²) in [5.41, 5.74) is 34.4. The molecule has 0 heterocycles. The van der Waals surface area contributed by atoms with E-state index >= 15 is 0 Å². The van der Waals surface area contributed by atoms with Crippen LogP contribution in [0.25, 0.3) is 0 Å². The number of rotatable bonds is 11. The van der Waals surface area contributed by atoms with E-state index in [-0.39, 0.29) is 5.96 Å². The van der Waals surface area contributed by atoms with Crippen molar-refractivity contribution in [2.24, 2.45) is 38.7 Å². The molecule has 11 heteroatoms. The summed E-state index contributed by atoms with van der Waals surface area (Å²) in [6, 6.07) is 21.1. The molecule has 14 N–H and O–H groups in total. The molecule has 3 aromatic carbocycles. The van der Waals surface area contributed by atoms with Crippen LogP contribution in [0.1, 0.15) is 71.7 Å². The molecule has 0 aromatic heterocycles. The van der Waals surface area contributed by atoms with Crippen molar-refractivity contribution in [3.8, 4) is 23.7 Å². The summed E-state index contributed by atoms with van der Waals surface area (Å²) in [6.07, 6.45) is 6.15. The van der Waals surface area contributed by atoms with Crippen LogP contribution in [0.4, 0.5) is 0 Å². The maximum Gasteiger partial charge on any atom is 0.188 e. The van der Waals surface area contributed by atoms with Crippen molar-refractivity contribution in [3.05, 3.63) is 105 Å². The molecule has 0 aliphatic rings. The minimum Gasteiger partial charge on any atom is -0.390 e. The third-order valence-electron chi connectivity index (χ3n) is 6.55. The van der Waals surface area contributed by atoms with E-state index in [1.807, 2.05) is 45.2 Å². The van der Waals surface area contributed by atoms with Crippen molar-refractivity contribution in [2.75, 3.05) is 33.7 Å². The van der Waals surface area contributed by atoms with E-state index in [4.69, 9.17) is 28.0 Å². The lowest BCUT2D eigenvalue weighted by Crippen LogP contribution is -2.32. The first kappa shape index (κ1) is 44.2. The van der Waals surface area contributed by atoms with Crippen molar-refractivity contribution in [1.82, 2.24) is 10.6 Å². The Balaban J connectivity index is 0.00000275. The summed E-state index contributed by atoms with van der Waals surface area (Å²) in [5.74, 6) is 13.9. The fourth-order valence-electron chi connectivity index (χ4n) is 4.46. The molecule has 0 saturated carbocycles. The van der Waals surface area contributed by atoms with Crippen LogP contribution in [0, 0.1) is 34.5 Å². The second-order valence-corrected chi connectivity index (χ2v) is 10.4. The van der Waals surface area contributed by atoms with E-state index < -0.39 is 0 Å². The molecule has 11 nitrogen and oxygen atoms in total. The van der Waals surface area contributed by atoms with Crippen molar-refractivity contribution in [2.45, 2.75) is 52.9 Å². The van der Waals surface area contributed by atoms with Gasteiger partial charge >= 0.3 is 0 Å². The topological polar surface area (TPSA) is 227 Å². The summed E-state index contributed by atoms with van der Waals surface area (Å²) < 4.78 is 0. The van der Waals surface area contributed by atoms with E-state index in [1.54, 1.807) is 7.05 Å². The summed E-state index contributed by atoms with van der Waals surface area (Å²) in [7, 11) is 3.63. The molecule has 268 valence electrons. The molecule has 3 rings (SSSR count). The highest BCUT2D eigenvalue weighted by Gasteiger charge is 2.03. The third-order valence-corrected chi connectivity index (χ3v) is 6.55. The predicted molar refractivity (Wildman–Crippen MR) is 214 cm³/mol. The largest absolute Gasteiger partial charge is 0.390 e. The van der Waals surface area contributed by atoms with Gasteiger partial charge in [-0.05, 0) is 110 Å². The second-order valence-electron chi connectivity index (χ2n) is 10.4. The first-order valence-electron chi connectivity index (χ1n) is 16.7. The lowest BCUT2D eigenvalue weighted by molar-refractivity contribution is 0.790. The average Bonchev–Trinajstić information content (AvgIpc) is 3.11. The van der Waals surface area contributed by atoms with E-state index in [0.29, 0.717) is 12.5 Å². The van der Waals surface area contributed by atoms with Crippen LogP contribution in [0.2, 0.25) is 0 Å². The van der Waals surface area contributed by atoms with Crippen molar-refractivity contribution < 1.29 is 0 Å². The van der Waals surface area contributed by atoms with Crippen LogP contribution in [0.5, 0.6) is 0 Å². The Morgan fingerprint density at radius 1 is 0.680 bits per heavy atom. The molecule has 50 heavy (non-hydrogen) atoms. The van der Waals surface area contributed by atoms with Crippen LogP contribution in [-0.2, 0) is 25.7 Å². The van der Waals surface area contributed by atoms with Gasteiger partial charge in [-0.1, -0.05) is 63.0 Å². The minimum absolute atomic E-state index is 0.112. The van der Waals surface area contributed by atoms with E-state index in [1.165, 1.54) is 22.3 Å². The first-order valence-corrected chi connectivity index (χ1v) is 16.7. The van der Waals surface area contributed by atoms with E-state index in [9.17, 15) is 0 Å². The van der Waals surface area contributed by atoms with Gasteiger partial charge in [-0.3, -0.25) is 20.8 Å². The third kappa shape index (κ3) is 20.5. The number of nitrogens with one attached hydrogen (secondary N) is 4. The molecule has 0 atom stereocenters. The molecule has 0 aliphatic heterocycles. The Labute approximate surface area is 299 Å². The van der Waals surface area contributed by atoms with E-state index in [0.717, 1.165) is 80.1 Å². The van der Waals surface area contributed by atoms with Gasteiger partial charge in [-0.25, -0.2) is 0 Å². The summed E-state index contributed by atoms with van der Waals surface area (Å²) in [6.45, 7) is 8.38. The van der Waals surface area contributed by atoms with Crippen LogP contribution in [0.3, 0.4) is 0 Å². The van der Waals surface area contributed by atoms with Crippen molar-refractivity contribution in [1.29, 1.82) is 10.8 Å². The fraction of sp³-hybridized carbons (Fsp3) is 0.333. The van der Waals surface area contributed by atoms with Gasteiger partial charge in [0.2, 0.25) is 0 Å².